The topological polar surface area (TPSA) is 55.8 Å². The number of ether oxygens (including phenoxy) is 2. The first-order valence-electron chi connectivity index (χ1n) is 8.33. The average molecular weight is 339 g/mol. The van der Waals surface area contributed by atoms with Gasteiger partial charge in [0.1, 0.15) is 6.04 Å². The molecular formula is C20H21NO4. The molecule has 1 saturated heterocycles. The van der Waals surface area contributed by atoms with Gasteiger partial charge in [-0.1, -0.05) is 42.5 Å². The van der Waals surface area contributed by atoms with Gasteiger partial charge in [0.05, 0.1) is 18.6 Å². The lowest BCUT2D eigenvalue weighted by molar-refractivity contribution is -0.140. The molecule has 0 bridgehead atoms. The maximum absolute atomic E-state index is 12.9. The van der Waals surface area contributed by atoms with E-state index in [9.17, 15) is 9.59 Å². The van der Waals surface area contributed by atoms with Crippen molar-refractivity contribution in [3.63, 3.8) is 0 Å². The summed E-state index contributed by atoms with van der Waals surface area (Å²) in [5.74, 6) is -0.631. The number of hydrogen-bond donors (Lipinski definition) is 0. The summed E-state index contributed by atoms with van der Waals surface area (Å²) in [4.78, 5) is 26.7. The van der Waals surface area contributed by atoms with Gasteiger partial charge in [0, 0.05) is 11.8 Å². The molecule has 1 unspecified atom stereocenters. The molecule has 1 aliphatic heterocycles. The smallest absolute Gasteiger partial charge is 0.329 e. The molecular weight excluding hydrogens is 318 g/mol. The molecule has 0 spiro atoms. The van der Waals surface area contributed by atoms with Gasteiger partial charge in [0.2, 0.25) is 0 Å². The largest absolute Gasteiger partial charge is 0.492 e. The van der Waals surface area contributed by atoms with Crippen molar-refractivity contribution in [3.8, 4) is 0 Å². The Bertz CT molecular complexity index is 828. The standard InChI is InChI=1S/C20H21NO4/c1-3-11-24-13-18(22)21(17-10-12-25-20(17)23)19-14(2)8-9-15-6-4-5-7-16(15)19/h3-9,11,17H,10,12-13H2,1-2H3. The van der Waals surface area contributed by atoms with Crippen molar-refractivity contribution in [3.05, 3.63) is 54.3 Å². The zero-order valence-electron chi connectivity index (χ0n) is 14.4. The van der Waals surface area contributed by atoms with E-state index >= 15 is 0 Å². The Morgan fingerprint density at radius 3 is 2.84 bits per heavy atom. The van der Waals surface area contributed by atoms with Crippen LogP contribution in [0.1, 0.15) is 18.9 Å². The summed E-state index contributed by atoms with van der Waals surface area (Å²) in [6, 6.07) is 11.2. The number of fused-ring (bicyclic) bond motifs is 1. The number of carbonyl (C=O) groups is 2. The quantitative estimate of drug-likeness (QED) is 0.619. The second-order valence-corrected chi connectivity index (χ2v) is 5.97. The Morgan fingerprint density at radius 2 is 2.12 bits per heavy atom. The van der Waals surface area contributed by atoms with Crippen LogP contribution in [-0.4, -0.2) is 31.1 Å². The average Bonchev–Trinajstić information content (AvgIpc) is 3.03. The first-order chi connectivity index (χ1) is 12.1. The van der Waals surface area contributed by atoms with Gasteiger partial charge in [-0.25, -0.2) is 4.79 Å². The summed E-state index contributed by atoms with van der Waals surface area (Å²) < 4.78 is 10.4. The number of amides is 1. The second kappa shape index (κ2) is 7.38. The Kier molecular flexibility index (Phi) is 5.03. The molecule has 1 aliphatic rings. The van der Waals surface area contributed by atoms with Gasteiger partial charge in [-0.05, 0) is 24.8 Å². The third-order valence-electron chi connectivity index (χ3n) is 4.27. The number of aryl methyl sites for hydroxylation is 1. The summed E-state index contributed by atoms with van der Waals surface area (Å²) in [5, 5.41) is 1.95. The van der Waals surface area contributed by atoms with Gasteiger partial charge >= 0.3 is 5.97 Å². The van der Waals surface area contributed by atoms with Gasteiger partial charge < -0.3 is 9.47 Å². The van der Waals surface area contributed by atoms with E-state index in [1.165, 1.54) is 6.26 Å². The van der Waals surface area contributed by atoms with E-state index < -0.39 is 6.04 Å². The SMILES string of the molecule is CC=COCC(=O)N(c1c(C)ccc2ccccc12)C1CCOC1=O. The summed E-state index contributed by atoms with van der Waals surface area (Å²) in [6.45, 7) is 3.95. The second-order valence-electron chi connectivity index (χ2n) is 5.97. The van der Waals surface area contributed by atoms with E-state index in [2.05, 4.69) is 0 Å². The summed E-state index contributed by atoms with van der Waals surface area (Å²) >= 11 is 0. The number of anilines is 1. The van der Waals surface area contributed by atoms with E-state index in [1.54, 1.807) is 11.0 Å². The molecule has 3 rings (SSSR count). The molecule has 1 heterocycles. The molecule has 0 aromatic heterocycles. The Morgan fingerprint density at radius 1 is 1.32 bits per heavy atom. The van der Waals surface area contributed by atoms with E-state index in [1.807, 2.05) is 50.2 Å². The van der Waals surface area contributed by atoms with Gasteiger partial charge in [-0.15, -0.1) is 0 Å². The van der Waals surface area contributed by atoms with Gasteiger partial charge in [0.25, 0.3) is 5.91 Å². The molecule has 2 aromatic carbocycles. The summed E-state index contributed by atoms with van der Waals surface area (Å²) in [7, 11) is 0. The number of benzene rings is 2. The van der Waals surface area contributed by atoms with Crippen LogP contribution in [0.2, 0.25) is 0 Å². The molecule has 1 atom stereocenters. The Hall–Kier alpha value is -2.82. The highest BCUT2D eigenvalue weighted by Crippen LogP contribution is 2.34. The van der Waals surface area contributed by atoms with Crippen LogP contribution < -0.4 is 4.90 Å². The molecule has 25 heavy (non-hydrogen) atoms. The fraction of sp³-hybridized carbons (Fsp3) is 0.300. The van der Waals surface area contributed by atoms with Crippen LogP contribution >= 0.6 is 0 Å². The number of nitrogens with zero attached hydrogens (tertiary/aromatic N) is 1. The predicted molar refractivity (Wildman–Crippen MR) is 96.3 cm³/mol. The van der Waals surface area contributed by atoms with E-state index in [0.29, 0.717) is 13.0 Å². The minimum atomic E-state index is -0.619. The number of allylic oxidation sites excluding steroid dienone is 1. The van der Waals surface area contributed by atoms with Crippen molar-refractivity contribution in [1.29, 1.82) is 0 Å². The van der Waals surface area contributed by atoms with E-state index in [-0.39, 0.29) is 18.5 Å². The Labute approximate surface area is 146 Å². The van der Waals surface area contributed by atoms with Crippen LogP contribution in [0.5, 0.6) is 0 Å². The summed E-state index contributed by atoms with van der Waals surface area (Å²) in [5.41, 5.74) is 1.67. The zero-order chi connectivity index (χ0) is 17.8. The highest BCUT2D eigenvalue weighted by atomic mass is 16.5. The molecule has 0 saturated carbocycles. The fourth-order valence-electron chi connectivity index (χ4n) is 3.14. The lowest BCUT2D eigenvalue weighted by Gasteiger charge is -2.29. The zero-order valence-corrected chi connectivity index (χ0v) is 14.4. The van der Waals surface area contributed by atoms with Crippen LogP contribution in [0, 0.1) is 6.92 Å². The number of esters is 1. The van der Waals surface area contributed by atoms with Crippen molar-refractivity contribution < 1.29 is 19.1 Å². The first-order valence-corrected chi connectivity index (χ1v) is 8.33. The summed E-state index contributed by atoms with van der Waals surface area (Å²) in [6.07, 6.45) is 3.67. The third kappa shape index (κ3) is 3.36. The monoisotopic (exact) mass is 339 g/mol. The highest BCUT2D eigenvalue weighted by Gasteiger charge is 2.37. The number of hydrogen-bond acceptors (Lipinski definition) is 4. The maximum Gasteiger partial charge on any atom is 0.329 e. The molecule has 1 amide bonds. The lowest BCUT2D eigenvalue weighted by atomic mass is 10.0. The van der Waals surface area contributed by atoms with Crippen molar-refractivity contribution >= 4 is 28.3 Å². The van der Waals surface area contributed by atoms with Crippen LogP contribution in [0.4, 0.5) is 5.69 Å². The normalized spacial score (nSPS) is 17.0. The predicted octanol–water partition coefficient (Wildman–Crippen LogP) is 3.35. The number of rotatable bonds is 5. The van der Waals surface area contributed by atoms with Crippen molar-refractivity contribution in [2.45, 2.75) is 26.3 Å². The molecule has 5 nitrogen and oxygen atoms in total. The van der Waals surface area contributed by atoms with Gasteiger partial charge in [-0.3, -0.25) is 9.69 Å². The highest BCUT2D eigenvalue weighted by molar-refractivity contribution is 6.08. The van der Waals surface area contributed by atoms with Crippen LogP contribution in [0.3, 0.4) is 0 Å². The fourth-order valence-corrected chi connectivity index (χ4v) is 3.14. The van der Waals surface area contributed by atoms with Crippen molar-refractivity contribution in [2.75, 3.05) is 18.1 Å². The molecule has 2 aromatic rings. The molecule has 0 N–H and O–H groups in total. The van der Waals surface area contributed by atoms with Gasteiger partial charge in [0.15, 0.2) is 6.61 Å². The minimum absolute atomic E-state index is 0.128. The molecule has 5 heteroatoms. The third-order valence-corrected chi connectivity index (χ3v) is 4.27. The number of carbonyl (C=O) groups excluding carboxylic acids is 2. The van der Waals surface area contributed by atoms with Crippen LogP contribution in [0.15, 0.2) is 48.7 Å². The molecule has 1 fully saturated rings. The van der Waals surface area contributed by atoms with Crippen LogP contribution in [0.25, 0.3) is 10.8 Å². The van der Waals surface area contributed by atoms with E-state index in [4.69, 9.17) is 9.47 Å². The Balaban J connectivity index is 2.09. The molecule has 0 radical (unpaired) electrons. The first kappa shape index (κ1) is 17.0. The maximum atomic E-state index is 12.9. The van der Waals surface area contributed by atoms with E-state index in [0.717, 1.165) is 22.0 Å². The van der Waals surface area contributed by atoms with Crippen LogP contribution in [-0.2, 0) is 19.1 Å². The minimum Gasteiger partial charge on any atom is -0.492 e. The lowest BCUT2D eigenvalue weighted by Crippen LogP contribution is -2.45. The molecule has 130 valence electrons. The van der Waals surface area contributed by atoms with Crippen molar-refractivity contribution in [2.24, 2.45) is 0 Å². The van der Waals surface area contributed by atoms with Crippen molar-refractivity contribution in [1.82, 2.24) is 0 Å². The number of cyclic esters (lactones) is 1. The van der Waals surface area contributed by atoms with Gasteiger partial charge in [-0.2, -0.15) is 0 Å². The molecule has 0 aliphatic carbocycles.